The van der Waals surface area contributed by atoms with Crippen molar-refractivity contribution < 1.29 is 4.79 Å². The molecule has 1 aromatic heterocycles. The molecule has 6 nitrogen and oxygen atoms in total. The highest BCUT2D eigenvalue weighted by Gasteiger charge is 2.25. The van der Waals surface area contributed by atoms with Crippen LogP contribution in [0.3, 0.4) is 0 Å². The fraction of sp³-hybridized carbons (Fsp3) is 0.375. The number of hydrogen-bond acceptors (Lipinski definition) is 3. The van der Waals surface area contributed by atoms with E-state index in [1.807, 2.05) is 30.3 Å². The third-order valence-electron chi connectivity index (χ3n) is 4.20. The molecule has 1 saturated heterocycles. The zero-order valence-electron chi connectivity index (χ0n) is 12.7. The monoisotopic (exact) mass is 300 g/mol. The molecule has 0 bridgehead atoms. The van der Waals surface area contributed by atoms with Crippen LogP contribution in [0.5, 0.6) is 0 Å². The number of para-hydroxylation sites is 1. The van der Waals surface area contributed by atoms with Crippen molar-refractivity contribution in [2.45, 2.75) is 19.4 Å². The first-order valence-corrected chi connectivity index (χ1v) is 7.48. The van der Waals surface area contributed by atoms with Gasteiger partial charge in [-0.05, 0) is 38.1 Å². The Morgan fingerprint density at radius 1 is 1.18 bits per heavy atom. The first-order chi connectivity index (χ1) is 10.6. The Kier molecular flexibility index (Phi) is 3.85. The topological polar surface area (TPSA) is 73.3 Å². The van der Waals surface area contributed by atoms with E-state index in [0.717, 1.165) is 31.6 Å². The van der Waals surface area contributed by atoms with Gasteiger partial charge in [-0.1, -0.05) is 18.2 Å². The minimum atomic E-state index is -0.663. The Balaban J connectivity index is 2.12. The molecule has 1 fully saturated rings. The van der Waals surface area contributed by atoms with Gasteiger partial charge in [-0.25, -0.2) is 4.68 Å². The van der Waals surface area contributed by atoms with Gasteiger partial charge >= 0.3 is 0 Å². The van der Waals surface area contributed by atoms with E-state index in [-0.39, 0.29) is 11.1 Å². The first-order valence-electron chi connectivity index (χ1n) is 7.48. The molecule has 0 unspecified atom stereocenters. The van der Waals surface area contributed by atoms with Crippen molar-refractivity contribution in [2.75, 3.05) is 13.1 Å². The number of primary amides is 1. The highest BCUT2D eigenvalue weighted by Crippen LogP contribution is 2.16. The van der Waals surface area contributed by atoms with Crippen molar-refractivity contribution in [3.05, 3.63) is 51.9 Å². The fourth-order valence-electron chi connectivity index (χ4n) is 3.09. The van der Waals surface area contributed by atoms with Gasteiger partial charge in [0.1, 0.15) is 5.56 Å². The number of hydrogen-bond donors (Lipinski definition) is 1. The SMILES string of the molecule is Cn1c(CN2CCCC2)c(C(N)=O)c(=O)n1-c1ccccc1. The van der Waals surface area contributed by atoms with E-state index in [2.05, 4.69) is 4.90 Å². The number of nitrogens with zero attached hydrogens (tertiary/aromatic N) is 3. The lowest BCUT2D eigenvalue weighted by Crippen LogP contribution is -2.26. The lowest BCUT2D eigenvalue weighted by atomic mass is 10.2. The van der Waals surface area contributed by atoms with Crippen LogP contribution in [0.2, 0.25) is 0 Å². The number of aromatic nitrogens is 2. The summed E-state index contributed by atoms with van der Waals surface area (Å²) in [7, 11) is 1.80. The van der Waals surface area contributed by atoms with Crippen molar-refractivity contribution >= 4 is 5.91 Å². The minimum absolute atomic E-state index is 0.0956. The van der Waals surface area contributed by atoms with Gasteiger partial charge in [0.2, 0.25) is 0 Å². The molecule has 2 heterocycles. The zero-order valence-corrected chi connectivity index (χ0v) is 12.7. The van der Waals surface area contributed by atoms with Crippen LogP contribution < -0.4 is 11.3 Å². The molecular formula is C16H20N4O2. The fourth-order valence-corrected chi connectivity index (χ4v) is 3.09. The van der Waals surface area contributed by atoms with Crippen molar-refractivity contribution in [1.29, 1.82) is 0 Å². The molecule has 116 valence electrons. The van der Waals surface area contributed by atoms with Crippen LogP contribution in [-0.2, 0) is 13.6 Å². The zero-order chi connectivity index (χ0) is 15.7. The van der Waals surface area contributed by atoms with Gasteiger partial charge in [0.15, 0.2) is 0 Å². The summed E-state index contributed by atoms with van der Waals surface area (Å²) in [6, 6.07) is 9.28. The second kappa shape index (κ2) is 5.81. The molecule has 0 spiro atoms. The van der Waals surface area contributed by atoms with Crippen LogP contribution in [0.15, 0.2) is 35.1 Å². The Hall–Kier alpha value is -2.34. The van der Waals surface area contributed by atoms with Crippen molar-refractivity contribution in [2.24, 2.45) is 12.8 Å². The number of carbonyl (C=O) groups excluding carboxylic acids is 1. The number of likely N-dealkylation sites (tertiary alicyclic amines) is 1. The molecule has 0 saturated carbocycles. The number of nitrogens with two attached hydrogens (primary N) is 1. The smallest absolute Gasteiger partial charge is 0.284 e. The van der Waals surface area contributed by atoms with E-state index in [0.29, 0.717) is 12.2 Å². The molecule has 2 aromatic rings. The summed E-state index contributed by atoms with van der Waals surface area (Å²) in [5, 5.41) is 0. The van der Waals surface area contributed by atoms with Gasteiger partial charge in [-0.2, -0.15) is 0 Å². The van der Waals surface area contributed by atoms with E-state index < -0.39 is 5.91 Å². The van der Waals surface area contributed by atoms with Crippen LogP contribution in [0, 0.1) is 0 Å². The summed E-state index contributed by atoms with van der Waals surface area (Å²) >= 11 is 0. The normalized spacial score (nSPS) is 15.3. The summed E-state index contributed by atoms with van der Waals surface area (Å²) < 4.78 is 3.25. The molecule has 1 amide bonds. The van der Waals surface area contributed by atoms with Gasteiger partial charge in [0.05, 0.1) is 11.4 Å². The van der Waals surface area contributed by atoms with Gasteiger partial charge < -0.3 is 5.73 Å². The van der Waals surface area contributed by atoms with E-state index in [1.165, 1.54) is 4.68 Å². The van der Waals surface area contributed by atoms with Crippen LogP contribution in [0.4, 0.5) is 0 Å². The maximum absolute atomic E-state index is 12.6. The summed E-state index contributed by atoms with van der Waals surface area (Å²) in [5.41, 5.74) is 6.62. The largest absolute Gasteiger partial charge is 0.365 e. The van der Waals surface area contributed by atoms with Crippen molar-refractivity contribution in [3.63, 3.8) is 0 Å². The van der Waals surface area contributed by atoms with Crippen LogP contribution >= 0.6 is 0 Å². The molecule has 0 aliphatic carbocycles. The molecule has 1 aliphatic heterocycles. The first kappa shape index (κ1) is 14.6. The van der Waals surface area contributed by atoms with Crippen LogP contribution in [-0.4, -0.2) is 33.3 Å². The molecule has 1 aliphatic rings. The maximum atomic E-state index is 12.6. The lowest BCUT2D eigenvalue weighted by Gasteiger charge is -2.16. The Bertz CT molecular complexity index is 739. The quantitative estimate of drug-likeness (QED) is 0.910. The third kappa shape index (κ3) is 2.46. The molecule has 22 heavy (non-hydrogen) atoms. The number of amides is 1. The molecule has 1 aromatic carbocycles. The highest BCUT2D eigenvalue weighted by atomic mass is 16.2. The Morgan fingerprint density at radius 2 is 1.82 bits per heavy atom. The average Bonchev–Trinajstić information content (AvgIpc) is 3.08. The minimum Gasteiger partial charge on any atom is -0.365 e. The van der Waals surface area contributed by atoms with Gasteiger partial charge in [0.25, 0.3) is 11.5 Å². The molecule has 2 N–H and O–H groups in total. The van der Waals surface area contributed by atoms with Gasteiger partial charge in [-0.15, -0.1) is 0 Å². The predicted octanol–water partition coefficient (Wildman–Crippen LogP) is 0.871. The van der Waals surface area contributed by atoms with Gasteiger partial charge in [-0.3, -0.25) is 19.2 Å². The summed E-state index contributed by atoms with van der Waals surface area (Å²) in [5.74, 6) is -0.663. The van der Waals surface area contributed by atoms with E-state index in [9.17, 15) is 9.59 Å². The van der Waals surface area contributed by atoms with E-state index >= 15 is 0 Å². The summed E-state index contributed by atoms with van der Waals surface area (Å²) in [6.45, 7) is 2.55. The lowest BCUT2D eigenvalue weighted by molar-refractivity contribution is 0.0997. The Morgan fingerprint density at radius 3 is 2.41 bits per heavy atom. The van der Waals surface area contributed by atoms with Gasteiger partial charge in [0, 0.05) is 13.6 Å². The van der Waals surface area contributed by atoms with Crippen LogP contribution in [0.1, 0.15) is 28.9 Å². The molecule has 3 rings (SSSR count). The summed E-state index contributed by atoms with van der Waals surface area (Å²) in [6.07, 6.45) is 2.30. The Labute approximate surface area is 128 Å². The highest BCUT2D eigenvalue weighted by molar-refractivity contribution is 5.93. The molecule has 0 atom stereocenters. The molecule has 6 heteroatoms. The van der Waals surface area contributed by atoms with Crippen molar-refractivity contribution in [1.82, 2.24) is 14.3 Å². The molecule has 0 radical (unpaired) electrons. The number of benzene rings is 1. The number of rotatable bonds is 4. The third-order valence-corrected chi connectivity index (χ3v) is 4.20. The molecular weight excluding hydrogens is 280 g/mol. The van der Waals surface area contributed by atoms with Crippen LogP contribution in [0.25, 0.3) is 5.69 Å². The van der Waals surface area contributed by atoms with E-state index in [1.54, 1.807) is 11.7 Å². The predicted molar refractivity (Wildman–Crippen MR) is 84.0 cm³/mol. The van der Waals surface area contributed by atoms with E-state index in [4.69, 9.17) is 5.73 Å². The second-order valence-electron chi connectivity index (χ2n) is 5.65. The standard InChI is InChI=1S/C16H20N4O2/c1-18-13(11-19-9-5-6-10-19)14(15(17)21)16(22)20(18)12-7-3-2-4-8-12/h2-4,7-8H,5-6,9-11H2,1H3,(H2,17,21). The van der Waals surface area contributed by atoms with Crippen molar-refractivity contribution in [3.8, 4) is 5.69 Å². The summed E-state index contributed by atoms with van der Waals surface area (Å²) in [4.78, 5) is 26.7. The number of carbonyl (C=O) groups is 1. The maximum Gasteiger partial charge on any atom is 0.284 e. The second-order valence-corrected chi connectivity index (χ2v) is 5.65. The average molecular weight is 300 g/mol.